The Balaban J connectivity index is 2.17. The number of hydrogen-bond acceptors (Lipinski definition) is 4. The fraction of sp³-hybridized carbons (Fsp3) is 0.235. The first kappa shape index (κ1) is 15.1. The fourth-order valence-corrected chi connectivity index (χ4v) is 2.01. The number of ether oxygens (including phenoxy) is 2. The molecule has 0 aromatic heterocycles. The fourth-order valence-electron chi connectivity index (χ4n) is 2.01. The summed E-state index contributed by atoms with van der Waals surface area (Å²) in [6, 6.07) is 12.5. The van der Waals surface area contributed by atoms with Gasteiger partial charge in [0.2, 0.25) is 0 Å². The van der Waals surface area contributed by atoms with Gasteiger partial charge in [0, 0.05) is 11.1 Å². The molecule has 0 saturated carbocycles. The molecule has 0 saturated heterocycles. The van der Waals surface area contributed by atoms with Crippen molar-refractivity contribution in [1.82, 2.24) is 0 Å². The Kier molecular flexibility index (Phi) is 4.95. The molecule has 0 radical (unpaired) electrons. The average molecular weight is 286 g/mol. The van der Waals surface area contributed by atoms with Gasteiger partial charge in [-0.15, -0.1) is 0 Å². The average Bonchev–Trinajstić information content (AvgIpc) is 2.52. The van der Waals surface area contributed by atoms with Crippen LogP contribution in [0.4, 0.5) is 0 Å². The number of aliphatic hydroxyl groups excluding tert-OH is 1. The van der Waals surface area contributed by atoms with Crippen LogP contribution in [0.25, 0.3) is 0 Å². The molecule has 21 heavy (non-hydrogen) atoms. The van der Waals surface area contributed by atoms with Gasteiger partial charge in [-0.25, -0.2) is 0 Å². The first-order valence-electron chi connectivity index (χ1n) is 6.64. The summed E-state index contributed by atoms with van der Waals surface area (Å²) >= 11 is 0. The summed E-state index contributed by atoms with van der Waals surface area (Å²) in [6.07, 6.45) is 0. The van der Waals surface area contributed by atoms with Crippen LogP contribution in [0.5, 0.6) is 11.5 Å². The molecule has 110 valence electrons. The number of benzene rings is 2. The third-order valence-electron chi connectivity index (χ3n) is 3.16. The predicted octanol–water partition coefficient (Wildman–Crippen LogP) is 2.97. The van der Waals surface area contributed by atoms with E-state index in [2.05, 4.69) is 0 Å². The Bertz CT molecular complexity index is 634. The monoisotopic (exact) mass is 286 g/mol. The molecular weight excluding hydrogens is 268 g/mol. The summed E-state index contributed by atoms with van der Waals surface area (Å²) in [4.78, 5) is 11.4. The molecule has 2 aromatic rings. The quantitative estimate of drug-likeness (QED) is 0.829. The van der Waals surface area contributed by atoms with E-state index in [0.717, 1.165) is 11.1 Å². The zero-order valence-electron chi connectivity index (χ0n) is 12.1. The van der Waals surface area contributed by atoms with Gasteiger partial charge in [0.15, 0.2) is 5.78 Å². The molecule has 0 unspecified atom stereocenters. The predicted molar refractivity (Wildman–Crippen MR) is 79.7 cm³/mol. The van der Waals surface area contributed by atoms with E-state index in [1.807, 2.05) is 18.2 Å². The molecule has 0 atom stereocenters. The highest BCUT2D eigenvalue weighted by Gasteiger charge is 2.08. The van der Waals surface area contributed by atoms with Gasteiger partial charge in [0.25, 0.3) is 0 Å². The van der Waals surface area contributed by atoms with Crippen LogP contribution in [-0.2, 0) is 13.2 Å². The smallest absolute Gasteiger partial charge is 0.159 e. The first-order chi connectivity index (χ1) is 10.1. The van der Waals surface area contributed by atoms with Crippen LogP contribution in [0.3, 0.4) is 0 Å². The maximum Gasteiger partial charge on any atom is 0.159 e. The van der Waals surface area contributed by atoms with Crippen LogP contribution in [0.15, 0.2) is 42.5 Å². The van der Waals surface area contributed by atoms with Gasteiger partial charge in [-0.1, -0.05) is 12.1 Å². The van der Waals surface area contributed by atoms with Crippen molar-refractivity contribution < 1.29 is 19.4 Å². The third kappa shape index (κ3) is 3.83. The summed E-state index contributed by atoms with van der Waals surface area (Å²) in [5, 5.41) is 9.11. The molecule has 0 fully saturated rings. The molecule has 0 amide bonds. The highest BCUT2D eigenvalue weighted by molar-refractivity contribution is 5.94. The van der Waals surface area contributed by atoms with Gasteiger partial charge in [-0.2, -0.15) is 0 Å². The summed E-state index contributed by atoms with van der Waals surface area (Å²) in [7, 11) is 1.58. The van der Waals surface area contributed by atoms with E-state index < -0.39 is 0 Å². The van der Waals surface area contributed by atoms with E-state index in [9.17, 15) is 4.79 Å². The second-order valence-electron chi connectivity index (χ2n) is 4.68. The Labute approximate surface area is 123 Å². The van der Waals surface area contributed by atoms with Gasteiger partial charge in [-0.05, 0) is 42.8 Å². The van der Waals surface area contributed by atoms with Gasteiger partial charge < -0.3 is 14.6 Å². The zero-order valence-corrected chi connectivity index (χ0v) is 12.1. The van der Waals surface area contributed by atoms with E-state index in [-0.39, 0.29) is 12.4 Å². The number of Topliss-reactive ketones (excluding diaryl/α,β-unsaturated/α-hetero) is 1. The molecule has 0 aliphatic heterocycles. The highest BCUT2D eigenvalue weighted by Crippen LogP contribution is 2.23. The molecule has 0 bridgehead atoms. The number of ketones is 1. The van der Waals surface area contributed by atoms with Crippen LogP contribution < -0.4 is 9.47 Å². The number of methoxy groups -OCH3 is 1. The summed E-state index contributed by atoms with van der Waals surface area (Å²) < 4.78 is 11.0. The van der Waals surface area contributed by atoms with Crippen LogP contribution in [0, 0.1) is 0 Å². The lowest BCUT2D eigenvalue weighted by Crippen LogP contribution is -2.02. The minimum Gasteiger partial charge on any atom is -0.496 e. The second kappa shape index (κ2) is 6.90. The van der Waals surface area contributed by atoms with E-state index in [1.165, 1.54) is 6.92 Å². The number of carbonyl (C=O) groups excluding carboxylic acids is 1. The Morgan fingerprint density at radius 3 is 2.67 bits per heavy atom. The SMILES string of the molecule is COc1ccc(C(C)=O)cc1COc1cccc(CO)c1. The lowest BCUT2D eigenvalue weighted by Gasteiger charge is -2.12. The number of rotatable bonds is 6. The van der Waals surface area contributed by atoms with Crippen LogP contribution in [0.2, 0.25) is 0 Å². The topological polar surface area (TPSA) is 55.8 Å². The van der Waals surface area contributed by atoms with Crippen molar-refractivity contribution >= 4 is 5.78 Å². The number of aliphatic hydroxyl groups is 1. The van der Waals surface area contributed by atoms with Crippen molar-refractivity contribution in [2.24, 2.45) is 0 Å². The normalized spacial score (nSPS) is 10.2. The summed E-state index contributed by atoms with van der Waals surface area (Å²) in [6.45, 7) is 1.79. The molecule has 2 rings (SSSR count). The Hall–Kier alpha value is -2.33. The zero-order chi connectivity index (χ0) is 15.2. The molecular formula is C17H18O4. The maximum atomic E-state index is 11.4. The molecule has 0 spiro atoms. The molecule has 0 aliphatic rings. The van der Waals surface area contributed by atoms with E-state index >= 15 is 0 Å². The largest absolute Gasteiger partial charge is 0.496 e. The maximum absolute atomic E-state index is 11.4. The standard InChI is InChI=1S/C17H18O4/c1-12(19)14-6-7-17(20-2)15(9-14)11-21-16-5-3-4-13(8-16)10-18/h3-9,18H,10-11H2,1-2H3. The van der Waals surface area contributed by atoms with Gasteiger partial charge >= 0.3 is 0 Å². The van der Waals surface area contributed by atoms with Gasteiger partial charge in [0.05, 0.1) is 13.7 Å². The molecule has 4 heteroatoms. The Morgan fingerprint density at radius 1 is 1.19 bits per heavy atom. The van der Waals surface area contributed by atoms with Crippen molar-refractivity contribution in [3.63, 3.8) is 0 Å². The number of hydrogen-bond donors (Lipinski definition) is 1. The van der Waals surface area contributed by atoms with Crippen molar-refractivity contribution in [1.29, 1.82) is 0 Å². The summed E-state index contributed by atoms with van der Waals surface area (Å²) in [5.74, 6) is 1.34. The summed E-state index contributed by atoms with van der Waals surface area (Å²) in [5.41, 5.74) is 2.22. The van der Waals surface area contributed by atoms with Crippen LogP contribution in [-0.4, -0.2) is 18.0 Å². The first-order valence-corrected chi connectivity index (χ1v) is 6.64. The van der Waals surface area contributed by atoms with Crippen molar-refractivity contribution in [3.8, 4) is 11.5 Å². The number of carbonyl (C=O) groups is 1. The van der Waals surface area contributed by atoms with Gasteiger partial charge in [0.1, 0.15) is 18.1 Å². The molecule has 4 nitrogen and oxygen atoms in total. The molecule has 0 aliphatic carbocycles. The molecule has 2 aromatic carbocycles. The van der Waals surface area contributed by atoms with Crippen molar-refractivity contribution in [3.05, 3.63) is 59.2 Å². The van der Waals surface area contributed by atoms with Gasteiger partial charge in [-0.3, -0.25) is 4.79 Å². The van der Waals surface area contributed by atoms with E-state index in [4.69, 9.17) is 14.6 Å². The highest BCUT2D eigenvalue weighted by atomic mass is 16.5. The molecule has 0 heterocycles. The second-order valence-corrected chi connectivity index (χ2v) is 4.68. The third-order valence-corrected chi connectivity index (χ3v) is 3.16. The Morgan fingerprint density at radius 2 is 2.00 bits per heavy atom. The van der Waals surface area contributed by atoms with Crippen molar-refractivity contribution in [2.45, 2.75) is 20.1 Å². The van der Waals surface area contributed by atoms with Crippen LogP contribution in [0.1, 0.15) is 28.4 Å². The lowest BCUT2D eigenvalue weighted by atomic mass is 10.1. The lowest BCUT2D eigenvalue weighted by molar-refractivity contribution is 0.101. The molecule has 1 N–H and O–H groups in total. The van der Waals surface area contributed by atoms with Crippen LogP contribution >= 0.6 is 0 Å². The minimum atomic E-state index is -0.0274. The van der Waals surface area contributed by atoms with Crippen molar-refractivity contribution in [2.75, 3.05) is 7.11 Å². The van der Waals surface area contributed by atoms with E-state index in [1.54, 1.807) is 31.4 Å². The minimum absolute atomic E-state index is 0.00109. The van der Waals surface area contributed by atoms with E-state index in [0.29, 0.717) is 23.7 Å².